The van der Waals surface area contributed by atoms with Crippen LogP contribution in [0.4, 0.5) is 5.95 Å². The van der Waals surface area contributed by atoms with Gasteiger partial charge in [0.15, 0.2) is 11.2 Å². The number of anilines is 1. The first-order valence-corrected chi connectivity index (χ1v) is 9.12. The van der Waals surface area contributed by atoms with Gasteiger partial charge in [-0.25, -0.2) is 9.55 Å². The monoisotopic (exact) mass is 375 g/mol. The van der Waals surface area contributed by atoms with E-state index in [1.807, 2.05) is 6.92 Å². The van der Waals surface area contributed by atoms with Crippen molar-refractivity contribution in [2.75, 3.05) is 12.8 Å². The van der Waals surface area contributed by atoms with E-state index in [4.69, 9.17) is 15.0 Å². The number of ether oxygens (including phenoxy) is 1. The molecule has 25 heavy (non-hydrogen) atoms. The molecule has 0 aromatic carbocycles. The minimum absolute atomic E-state index is 0.0310. The average Bonchev–Trinajstić information content (AvgIpc) is 2.96. The molecule has 0 amide bonds. The number of fused-ring (bicyclic) bond motifs is 1. The van der Waals surface area contributed by atoms with E-state index in [1.54, 1.807) is 18.4 Å². The zero-order valence-corrected chi connectivity index (χ0v) is 15.3. The third-order valence-electron chi connectivity index (χ3n) is 3.67. The molecule has 0 saturated carbocycles. The molecule has 140 valence electrons. The largest absolute Gasteiger partial charge is 0.472 e. The summed E-state index contributed by atoms with van der Waals surface area (Å²) in [5.41, 5.74) is 5.55. The molecule has 0 spiro atoms. The maximum absolute atomic E-state index is 11.8. The highest BCUT2D eigenvalue weighted by Gasteiger charge is 2.29. The Morgan fingerprint density at radius 3 is 2.76 bits per heavy atom. The number of hydrogen-bond donors (Lipinski definition) is 3. The fraction of sp³-hybridized carbons (Fsp3) is 0.615. The van der Waals surface area contributed by atoms with Crippen LogP contribution < -0.4 is 11.3 Å². The Labute approximate surface area is 143 Å². The van der Waals surface area contributed by atoms with Gasteiger partial charge in [-0.2, -0.15) is 4.98 Å². The van der Waals surface area contributed by atoms with Crippen molar-refractivity contribution < 1.29 is 23.2 Å². The van der Waals surface area contributed by atoms with Gasteiger partial charge in [0.05, 0.1) is 18.5 Å². The molecule has 0 fully saturated rings. The number of aromatic amines is 1. The first-order valence-electron chi connectivity index (χ1n) is 7.63. The van der Waals surface area contributed by atoms with Crippen LogP contribution in [0.25, 0.3) is 11.2 Å². The summed E-state index contributed by atoms with van der Waals surface area (Å²) < 4.78 is 28.5. The van der Waals surface area contributed by atoms with Crippen LogP contribution in [0.15, 0.2) is 11.1 Å². The summed E-state index contributed by atoms with van der Waals surface area (Å²) >= 11 is 0. The normalized spacial score (nSPS) is 18.0. The molecule has 12 heteroatoms. The second-order valence-electron chi connectivity index (χ2n) is 5.42. The van der Waals surface area contributed by atoms with Gasteiger partial charge in [0.2, 0.25) is 5.95 Å². The van der Waals surface area contributed by atoms with E-state index in [2.05, 4.69) is 19.5 Å². The predicted molar refractivity (Wildman–Crippen MR) is 89.8 cm³/mol. The van der Waals surface area contributed by atoms with Crippen LogP contribution in [-0.2, 0) is 18.3 Å². The van der Waals surface area contributed by atoms with Crippen LogP contribution in [0.5, 0.6) is 0 Å². The molecule has 0 saturated heterocycles. The van der Waals surface area contributed by atoms with E-state index >= 15 is 0 Å². The highest BCUT2D eigenvalue weighted by Crippen LogP contribution is 2.44. The van der Waals surface area contributed by atoms with Gasteiger partial charge in [0, 0.05) is 7.11 Å². The van der Waals surface area contributed by atoms with E-state index in [0.717, 1.165) is 7.11 Å². The van der Waals surface area contributed by atoms with Gasteiger partial charge < -0.3 is 15.4 Å². The lowest BCUT2D eigenvalue weighted by atomic mass is 10.2. The van der Waals surface area contributed by atoms with E-state index in [1.165, 1.54) is 6.33 Å². The average molecular weight is 375 g/mol. The Bertz CT molecular complexity index is 836. The first kappa shape index (κ1) is 19.5. The fourth-order valence-corrected chi connectivity index (χ4v) is 3.03. The number of hydrogen-bond acceptors (Lipinski definition) is 8. The van der Waals surface area contributed by atoms with Gasteiger partial charge >= 0.3 is 7.82 Å². The quantitative estimate of drug-likeness (QED) is 0.576. The molecule has 2 heterocycles. The molecule has 11 nitrogen and oxygen atoms in total. The Morgan fingerprint density at radius 2 is 2.16 bits per heavy atom. The van der Waals surface area contributed by atoms with E-state index in [0.29, 0.717) is 6.42 Å². The van der Waals surface area contributed by atoms with Crippen molar-refractivity contribution in [1.29, 1.82) is 0 Å². The minimum Gasteiger partial charge on any atom is -0.369 e. The van der Waals surface area contributed by atoms with Gasteiger partial charge in [0.1, 0.15) is 6.23 Å². The number of nitrogens with two attached hydrogens (primary N) is 1. The van der Waals surface area contributed by atoms with Gasteiger partial charge in [-0.15, -0.1) is 0 Å². The molecule has 2 aromatic heterocycles. The number of nitrogens with one attached hydrogen (secondary N) is 1. The smallest absolute Gasteiger partial charge is 0.369 e. The number of H-pyrrole nitrogens is 1. The van der Waals surface area contributed by atoms with Crippen molar-refractivity contribution in [1.82, 2.24) is 19.5 Å². The van der Waals surface area contributed by atoms with Gasteiger partial charge in [-0.05, 0) is 20.3 Å². The molecule has 2 rings (SSSR count). The summed E-state index contributed by atoms with van der Waals surface area (Å²) in [6.07, 6.45) is 0.136. The third-order valence-corrected chi connectivity index (χ3v) is 4.73. The standard InChI is InChI=1S/C13H22N5O6P/c1-5-9(7(2)24-25(20,21)22-4)23-8(3)18-6-15-10-11(18)16-13(14)17-12(10)19/h6-9H,5H2,1-4H3,(H,20,21)(H3,14,16,17,19). The van der Waals surface area contributed by atoms with Crippen LogP contribution >= 0.6 is 7.82 Å². The minimum atomic E-state index is -4.13. The van der Waals surface area contributed by atoms with Gasteiger partial charge in [-0.1, -0.05) is 6.92 Å². The molecule has 0 bridgehead atoms. The molecule has 0 aliphatic rings. The van der Waals surface area contributed by atoms with Crippen LogP contribution in [0.3, 0.4) is 0 Å². The van der Waals surface area contributed by atoms with Gasteiger partial charge in [0.25, 0.3) is 5.56 Å². The lowest BCUT2D eigenvalue weighted by Crippen LogP contribution is -2.30. The molecule has 2 aromatic rings. The number of aromatic nitrogens is 4. The summed E-state index contributed by atoms with van der Waals surface area (Å²) in [6, 6.07) is 0. The summed E-state index contributed by atoms with van der Waals surface area (Å²) in [5.74, 6) is -0.0310. The zero-order valence-electron chi connectivity index (χ0n) is 14.4. The number of nitrogen functional groups attached to an aromatic ring is 1. The molecule has 4 N–H and O–H groups in total. The second-order valence-corrected chi connectivity index (χ2v) is 6.93. The molecular weight excluding hydrogens is 353 g/mol. The molecule has 4 atom stereocenters. The van der Waals surface area contributed by atoms with Crippen LogP contribution in [0.2, 0.25) is 0 Å². The lowest BCUT2D eigenvalue weighted by molar-refractivity contribution is -0.0909. The maximum atomic E-state index is 11.8. The Morgan fingerprint density at radius 1 is 1.48 bits per heavy atom. The Hall–Kier alpha value is -1.78. The third kappa shape index (κ3) is 4.44. The van der Waals surface area contributed by atoms with Crippen LogP contribution in [0.1, 0.15) is 33.4 Å². The molecule has 0 radical (unpaired) electrons. The Kier molecular flexibility index (Phi) is 5.96. The van der Waals surface area contributed by atoms with Crippen molar-refractivity contribution in [3.8, 4) is 0 Å². The molecule has 4 unspecified atom stereocenters. The number of phosphoric ester groups is 1. The van der Waals surface area contributed by atoms with Crippen molar-refractivity contribution in [2.24, 2.45) is 0 Å². The fourth-order valence-electron chi connectivity index (χ4n) is 2.39. The van der Waals surface area contributed by atoms with E-state index in [-0.39, 0.29) is 17.1 Å². The molecule has 0 aliphatic heterocycles. The van der Waals surface area contributed by atoms with Crippen LogP contribution in [-0.4, -0.2) is 43.7 Å². The van der Waals surface area contributed by atoms with Crippen molar-refractivity contribution >= 4 is 24.9 Å². The number of rotatable bonds is 8. The summed E-state index contributed by atoms with van der Waals surface area (Å²) in [6.45, 7) is 5.18. The summed E-state index contributed by atoms with van der Waals surface area (Å²) in [7, 11) is -3.04. The summed E-state index contributed by atoms with van der Waals surface area (Å²) in [5, 5.41) is 0. The van der Waals surface area contributed by atoms with Crippen LogP contribution in [0, 0.1) is 0 Å². The predicted octanol–water partition coefficient (Wildman–Crippen LogP) is 1.17. The molecule has 0 aliphatic carbocycles. The van der Waals surface area contributed by atoms with Crippen molar-refractivity contribution in [3.05, 3.63) is 16.7 Å². The first-order chi connectivity index (χ1) is 11.7. The zero-order chi connectivity index (χ0) is 18.8. The lowest BCUT2D eigenvalue weighted by Gasteiger charge is -2.27. The highest BCUT2D eigenvalue weighted by molar-refractivity contribution is 7.47. The Balaban J connectivity index is 2.21. The van der Waals surface area contributed by atoms with E-state index in [9.17, 15) is 14.3 Å². The SMILES string of the molecule is CCC(OC(C)n1cnc2c(=O)[nH]c(N)nc21)C(C)OP(=O)(O)OC. The topological polar surface area (TPSA) is 155 Å². The maximum Gasteiger partial charge on any atom is 0.472 e. The van der Waals surface area contributed by atoms with Gasteiger partial charge in [-0.3, -0.25) is 23.4 Å². The molecular formula is C13H22N5O6P. The number of phosphoric acid groups is 1. The summed E-state index contributed by atoms with van der Waals surface area (Å²) in [4.78, 5) is 31.7. The number of nitrogens with zero attached hydrogens (tertiary/aromatic N) is 3. The van der Waals surface area contributed by atoms with Crippen molar-refractivity contribution in [3.63, 3.8) is 0 Å². The number of imidazole rings is 1. The highest BCUT2D eigenvalue weighted by atomic mass is 31.2. The van der Waals surface area contributed by atoms with E-state index < -0.39 is 31.8 Å². The van der Waals surface area contributed by atoms with Crippen molar-refractivity contribution in [2.45, 2.75) is 45.6 Å². The second kappa shape index (κ2) is 7.63.